The third-order valence-corrected chi connectivity index (χ3v) is 3.25. The van der Waals surface area contributed by atoms with Crippen molar-refractivity contribution < 1.29 is 4.79 Å². The van der Waals surface area contributed by atoms with E-state index < -0.39 is 0 Å². The molecule has 4 heteroatoms. The smallest absolute Gasteiger partial charge is 0.252 e. The predicted octanol–water partition coefficient (Wildman–Crippen LogP) is 3.47. The Kier molecular flexibility index (Phi) is 5.96. The largest absolute Gasteiger partial charge is 0.299 e. The van der Waals surface area contributed by atoms with Crippen molar-refractivity contribution >= 4 is 29.3 Å². The van der Waals surface area contributed by atoms with Crippen LogP contribution in [0.2, 0.25) is 0 Å². The Balaban J connectivity index is 0.00000144. The number of benzene rings is 1. The van der Waals surface area contributed by atoms with E-state index in [1.807, 2.05) is 12.1 Å². The van der Waals surface area contributed by atoms with Gasteiger partial charge in [0.05, 0.1) is 0 Å². The monoisotopic (exact) mass is 273 g/mol. The topological polar surface area (TPSA) is 20.3 Å². The molecule has 94 valence electrons. The highest BCUT2D eigenvalue weighted by Gasteiger charge is 2.10. The highest BCUT2D eigenvalue weighted by Crippen LogP contribution is 2.14. The third kappa shape index (κ3) is 4.30. The van der Waals surface area contributed by atoms with E-state index in [4.69, 9.17) is 11.6 Å². The van der Waals surface area contributed by atoms with Crippen LogP contribution in [-0.4, -0.2) is 23.2 Å². The van der Waals surface area contributed by atoms with Crippen LogP contribution in [0.1, 0.15) is 35.2 Å². The van der Waals surface area contributed by atoms with E-state index in [2.05, 4.69) is 4.90 Å². The van der Waals surface area contributed by atoms with Crippen LogP contribution in [0.4, 0.5) is 0 Å². The van der Waals surface area contributed by atoms with Crippen LogP contribution in [0.3, 0.4) is 0 Å². The summed E-state index contributed by atoms with van der Waals surface area (Å²) in [6.07, 6.45) is 3.96. The normalized spacial score (nSPS) is 16.3. The number of carbonyl (C=O) groups is 1. The van der Waals surface area contributed by atoms with E-state index in [0.29, 0.717) is 5.56 Å². The summed E-state index contributed by atoms with van der Waals surface area (Å²) in [4.78, 5) is 13.4. The summed E-state index contributed by atoms with van der Waals surface area (Å²) in [5, 5.41) is -0.385. The average molecular weight is 274 g/mol. The van der Waals surface area contributed by atoms with Gasteiger partial charge >= 0.3 is 0 Å². The first-order valence-electron chi connectivity index (χ1n) is 5.77. The summed E-state index contributed by atoms with van der Waals surface area (Å²) >= 11 is 5.40. The van der Waals surface area contributed by atoms with Crippen molar-refractivity contribution in [2.75, 3.05) is 13.1 Å². The first kappa shape index (κ1) is 14.5. The van der Waals surface area contributed by atoms with Crippen LogP contribution in [0.15, 0.2) is 24.3 Å². The Labute approximate surface area is 113 Å². The number of nitrogens with zero attached hydrogens (tertiary/aromatic N) is 1. The molecule has 1 aliphatic heterocycles. The van der Waals surface area contributed by atoms with Crippen LogP contribution in [0.25, 0.3) is 0 Å². The molecule has 0 aliphatic carbocycles. The van der Waals surface area contributed by atoms with Crippen molar-refractivity contribution in [1.29, 1.82) is 0 Å². The van der Waals surface area contributed by atoms with E-state index >= 15 is 0 Å². The molecule has 2 nitrogen and oxygen atoms in total. The summed E-state index contributed by atoms with van der Waals surface area (Å²) in [6, 6.07) is 7.58. The van der Waals surface area contributed by atoms with Crippen molar-refractivity contribution in [1.82, 2.24) is 4.90 Å². The third-order valence-electron chi connectivity index (χ3n) is 3.04. The van der Waals surface area contributed by atoms with Gasteiger partial charge in [-0.15, -0.1) is 12.4 Å². The molecule has 0 radical (unpaired) electrons. The zero-order chi connectivity index (χ0) is 11.4. The average Bonchev–Trinajstić information content (AvgIpc) is 2.31. The van der Waals surface area contributed by atoms with E-state index in [9.17, 15) is 4.79 Å². The SMILES string of the molecule is Cl.O=C(Cl)c1ccc(CN2CCCCC2)cc1. The Morgan fingerprint density at radius 3 is 2.24 bits per heavy atom. The maximum absolute atomic E-state index is 10.9. The van der Waals surface area contributed by atoms with Crippen molar-refractivity contribution in [2.45, 2.75) is 25.8 Å². The maximum atomic E-state index is 10.9. The molecule has 0 atom stereocenters. The van der Waals surface area contributed by atoms with Gasteiger partial charge in [0.2, 0.25) is 0 Å². The second-order valence-corrected chi connectivity index (χ2v) is 4.65. The number of carbonyl (C=O) groups excluding carboxylic acids is 1. The zero-order valence-corrected chi connectivity index (χ0v) is 11.3. The molecular formula is C13H17Cl2NO. The van der Waals surface area contributed by atoms with Gasteiger partial charge in [-0.2, -0.15) is 0 Å². The van der Waals surface area contributed by atoms with Gasteiger partial charge in [-0.1, -0.05) is 18.6 Å². The summed E-state index contributed by atoms with van der Waals surface area (Å²) in [7, 11) is 0. The van der Waals surface area contributed by atoms with E-state index in [-0.39, 0.29) is 17.6 Å². The molecule has 0 amide bonds. The van der Waals surface area contributed by atoms with Crippen LogP contribution in [0, 0.1) is 0 Å². The van der Waals surface area contributed by atoms with Gasteiger partial charge in [-0.3, -0.25) is 9.69 Å². The molecular weight excluding hydrogens is 257 g/mol. The van der Waals surface area contributed by atoms with Gasteiger partial charge in [0, 0.05) is 12.1 Å². The molecule has 0 N–H and O–H groups in total. The van der Waals surface area contributed by atoms with Crippen molar-refractivity contribution in [3.8, 4) is 0 Å². The molecule has 0 aromatic heterocycles. The van der Waals surface area contributed by atoms with E-state index in [1.54, 1.807) is 12.1 Å². The van der Waals surface area contributed by atoms with Gasteiger partial charge in [0.25, 0.3) is 5.24 Å². The number of rotatable bonds is 3. The number of halogens is 2. The van der Waals surface area contributed by atoms with Gasteiger partial charge in [-0.25, -0.2) is 0 Å². The van der Waals surface area contributed by atoms with Crippen LogP contribution in [0.5, 0.6) is 0 Å². The number of hydrogen-bond acceptors (Lipinski definition) is 2. The Hall–Kier alpha value is -0.570. The van der Waals surface area contributed by atoms with Gasteiger partial charge in [0.15, 0.2) is 0 Å². The van der Waals surface area contributed by atoms with E-state index in [0.717, 1.165) is 6.54 Å². The Morgan fingerprint density at radius 1 is 1.12 bits per heavy atom. The summed E-state index contributed by atoms with van der Waals surface area (Å²) < 4.78 is 0. The Bertz CT molecular complexity index is 358. The van der Waals surface area contributed by atoms with Gasteiger partial charge in [-0.05, 0) is 55.2 Å². The van der Waals surface area contributed by atoms with Crippen LogP contribution in [-0.2, 0) is 6.54 Å². The fourth-order valence-electron chi connectivity index (χ4n) is 2.12. The minimum atomic E-state index is -0.385. The number of hydrogen-bond donors (Lipinski definition) is 0. The van der Waals surface area contributed by atoms with Crippen LogP contribution < -0.4 is 0 Å². The van der Waals surface area contributed by atoms with Crippen molar-refractivity contribution in [3.05, 3.63) is 35.4 Å². The first-order valence-corrected chi connectivity index (χ1v) is 6.14. The van der Waals surface area contributed by atoms with Gasteiger partial charge in [0.1, 0.15) is 0 Å². The molecule has 1 saturated heterocycles. The summed E-state index contributed by atoms with van der Waals surface area (Å²) in [5.74, 6) is 0. The molecule has 1 heterocycles. The zero-order valence-electron chi connectivity index (χ0n) is 9.69. The molecule has 1 aliphatic rings. The Morgan fingerprint density at radius 2 is 1.71 bits per heavy atom. The fraction of sp³-hybridized carbons (Fsp3) is 0.462. The van der Waals surface area contributed by atoms with E-state index in [1.165, 1.54) is 37.9 Å². The lowest BCUT2D eigenvalue weighted by Crippen LogP contribution is -2.29. The summed E-state index contributed by atoms with van der Waals surface area (Å²) in [6.45, 7) is 3.36. The quantitative estimate of drug-likeness (QED) is 0.786. The lowest BCUT2D eigenvalue weighted by Gasteiger charge is -2.26. The molecule has 1 fully saturated rings. The standard InChI is InChI=1S/C13H16ClNO.ClH/c14-13(16)12-6-4-11(5-7-12)10-15-8-2-1-3-9-15;/h4-7H,1-3,8-10H2;1H. The second kappa shape index (κ2) is 7.00. The number of likely N-dealkylation sites (tertiary alicyclic amines) is 1. The molecule has 1 aromatic carbocycles. The predicted molar refractivity (Wildman–Crippen MR) is 73.0 cm³/mol. The molecule has 1 aromatic rings. The van der Waals surface area contributed by atoms with Crippen molar-refractivity contribution in [3.63, 3.8) is 0 Å². The molecule has 0 saturated carbocycles. The minimum absolute atomic E-state index is 0. The lowest BCUT2D eigenvalue weighted by molar-refractivity contribution is 0.108. The molecule has 17 heavy (non-hydrogen) atoms. The summed E-state index contributed by atoms with van der Waals surface area (Å²) in [5.41, 5.74) is 1.83. The molecule has 0 bridgehead atoms. The first-order chi connectivity index (χ1) is 7.75. The molecule has 0 unspecified atom stereocenters. The highest BCUT2D eigenvalue weighted by molar-refractivity contribution is 6.67. The van der Waals surface area contributed by atoms with Crippen LogP contribution >= 0.6 is 24.0 Å². The fourth-order valence-corrected chi connectivity index (χ4v) is 2.24. The molecule has 2 rings (SSSR count). The second-order valence-electron chi connectivity index (χ2n) is 4.31. The minimum Gasteiger partial charge on any atom is -0.299 e. The number of piperidine rings is 1. The van der Waals surface area contributed by atoms with Gasteiger partial charge < -0.3 is 0 Å². The molecule has 0 spiro atoms. The highest BCUT2D eigenvalue weighted by atomic mass is 35.5. The van der Waals surface area contributed by atoms with Crippen molar-refractivity contribution in [2.24, 2.45) is 0 Å². The lowest BCUT2D eigenvalue weighted by atomic mass is 10.1. The maximum Gasteiger partial charge on any atom is 0.252 e.